The molecule has 1 fully saturated rings. The van der Waals surface area contributed by atoms with Crippen molar-refractivity contribution in [1.29, 1.82) is 0 Å². The second-order valence-corrected chi connectivity index (χ2v) is 9.53. The smallest absolute Gasteiger partial charge is 0.335 e. The van der Waals surface area contributed by atoms with Gasteiger partial charge in [-0.3, -0.25) is 14.2 Å². The molecule has 2 aliphatic rings. The number of benzene rings is 3. The molecular formula is C31H26N2O5. The molecule has 3 aromatic carbocycles. The second kappa shape index (κ2) is 9.85. The molecular weight excluding hydrogens is 480 g/mol. The van der Waals surface area contributed by atoms with Crippen LogP contribution in [0, 0.1) is 0 Å². The maximum Gasteiger partial charge on any atom is 0.338 e. The zero-order valence-electron chi connectivity index (χ0n) is 20.6. The molecule has 0 saturated carbocycles. The average molecular weight is 507 g/mol. The van der Waals surface area contributed by atoms with Gasteiger partial charge >= 0.3 is 5.69 Å². The second-order valence-electron chi connectivity index (χ2n) is 9.53. The Kier molecular flexibility index (Phi) is 6.23. The Hall–Kier alpha value is -4.33. The van der Waals surface area contributed by atoms with Gasteiger partial charge in [0.05, 0.1) is 6.04 Å². The van der Waals surface area contributed by atoms with Crippen LogP contribution in [-0.2, 0) is 9.47 Å². The summed E-state index contributed by atoms with van der Waals surface area (Å²) in [6, 6.07) is 29.2. The normalized spacial score (nSPS) is 21.9. The summed E-state index contributed by atoms with van der Waals surface area (Å²) in [5.74, 6) is -1.60. The molecule has 1 aliphatic carbocycles. The zero-order valence-corrected chi connectivity index (χ0v) is 20.6. The molecule has 0 bridgehead atoms. The van der Waals surface area contributed by atoms with Crippen LogP contribution in [0.1, 0.15) is 52.6 Å². The van der Waals surface area contributed by atoms with E-state index < -0.39 is 22.9 Å². The van der Waals surface area contributed by atoms with Crippen LogP contribution in [0.2, 0.25) is 0 Å². The summed E-state index contributed by atoms with van der Waals surface area (Å²) in [5.41, 5.74) is 0.993. The van der Waals surface area contributed by atoms with E-state index >= 15 is 0 Å². The predicted octanol–water partition coefficient (Wildman–Crippen LogP) is 4.82. The first-order chi connectivity index (χ1) is 18.5. The number of aromatic nitrogens is 2. The first kappa shape index (κ1) is 24.0. The highest BCUT2D eigenvalue weighted by Gasteiger charge is 2.48. The van der Waals surface area contributed by atoms with Gasteiger partial charge in [0, 0.05) is 24.2 Å². The summed E-state index contributed by atoms with van der Waals surface area (Å²) in [7, 11) is 0. The summed E-state index contributed by atoms with van der Waals surface area (Å²) in [4.78, 5) is 38.8. The molecule has 1 aliphatic heterocycles. The molecule has 0 amide bonds. The summed E-state index contributed by atoms with van der Waals surface area (Å²) in [6.45, 7) is 0. The topological polar surface area (TPSA) is 79.5 Å². The third kappa shape index (κ3) is 4.36. The van der Waals surface area contributed by atoms with Gasteiger partial charge in [-0.2, -0.15) is 4.57 Å². The Labute approximate surface area is 219 Å². The molecule has 0 radical (unpaired) electrons. The number of allylic oxidation sites excluding steroid dienone is 1. The molecule has 4 aromatic rings. The van der Waals surface area contributed by atoms with Gasteiger partial charge in [-0.1, -0.05) is 84.9 Å². The summed E-state index contributed by atoms with van der Waals surface area (Å²) < 4.78 is 15.3. The maximum atomic E-state index is 13.3. The molecule has 1 saturated heterocycles. The maximum absolute atomic E-state index is 13.3. The lowest BCUT2D eigenvalue weighted by Crippen LogP contribution is -2.44. The monoisotopic (exact) mass is 506 g/mol. The van der Waals surface area contributed by atoms with Crippen LogP contribution in [0.3, 0.4) is 0 Å². The molecule has 0 unspecified atom stereocenters. The molecule has 1 spiro atoms. The Morgan fingerprint density at radius 3 is 1.84 bits per heavy atom. The van der Waals surface area contributed by atoms with Crippen LogP contribution < -0.4 is 11.2 Å². The van der Waals surface area contributed by atoms with E-state index in [1.54, 1.807) is 30.3 Å². The average Bonchev–Trinajstić information content (AvgIpc) is 3.34. The van der Waals surface area contributed by atoms with E-state index in [0.717, 1.165) is 11.1 Å². The lowest BCUT2D eigenvalue weighted by atomic mass is 9.97. The van der Waals surface area contributed by atoms with Crippen LogP contribution in [0.4, 0.5) is 0 Å². The van der Waals surface area contributed by atoms with Crippen LogP contribution in [0.25, 0.3) is 0 Å². The van der Waals surface area contributed by atoms with Crippen molar-refractivity contribution in [2.24, 2.45) is 0 Å². The van der Waals surface area contributed by atoms with Crippen molar-refractivity contribution in [2.45, 2.75) is 36.9 Å². The van der Waals surface area contributed by atoms with Gasteiger partial charge in [-0.05, 0) is 35.8 Å². The van der Waals surface area contributed by atoms with Crippen molar-refractivity contribution in [1.82, 2.24) is 9.13 Å². The number of ether oxygens (including phenoxy) is 2. The van der Waals surface area contributed by atoms with Crippen molar-refractivity contribution in [2.75, 3.05) is 0 Å². The highest BCUT2D eigenvalue weighted by Crippen LogP contribution is 2.51. The minimum Gasteiger partial charge on any atom is -0.335 e. The van der Waals surface area contributed by atoms with Crippen molar-refractivity contribution >= 4 is 5.91 Å². The van der Waals surface area contributed by atoms with E-state index in [2.05, 4.69) is 0 Å². The highest BCUT2D eigenvalue weighted by atomic mass is 16.8. The van der Waals surface area contributed by atoms with Gasteiger partial charge in [-0.25, -0.2) is 4.79 Å². The van der Waals surface area contributed by atoms with E-state index in [9.17, 15) is 14.4 Å². The Bertz CT molecular complexity index is 1540. The van der Waals surface area contributed by atoms with Crippen molar-refractivity contribution < 1.29 is 14.3 Å². The third-order valence-corrected chi connectivity index (χ3v) is 7.14. The summed E-state index contributed by atoms with van der Waals surface area (Å²) in [6.07, 6.45) is 5.60. The minimum atomic E-state index is -0.949. The number of nitrogens with zero attached hydrogens (tertiary/aromatic N) is 2. The van der Waals surface area contributed by atoms with Gasteiger partial charge in [0.1, 0.15) is 12.2 Å². The van der Waals surface area contributed by atoms with Crippen LogP contribution in [0.15, 0.2) is 125 Å². The van der Waals surface area contributed by atoms with E-state index in [1.165, 1.54) is 16.8 Å². The fourth-order valence-electron chi connectivity index (χ4n) is 5.21. The quantitative estimate of drug-likeness (QED) is 0.371. The molecule has 7 nitrogen and oxygen atoms in total. The molecule has 3 atom stereocenters. The van der Waals surface area contributed by atoms with Gasteiger partial charge < -0.3 is 9.47 Å². The molecule has 6 rings (SSSR count). The van der Waals surface area contributed by atoms with Crippen molar-refractivity contribution in [3.05, 3.63) is 153 Å². The lowest BCUT2D eigenvalue weighted by molar-refractivity contribution is -0.148. The molecule has 7 heteroatoms. The van der Waals surface area contributed by atoms with Crippen LogP contribution in [-0.4, -0.2) is 20.8 Å². The predicted molar refractivity (Wildman–Crippen MR) is 142 cm³/mol. The van der Waals surface area contributed by atoms with Gasteiger partial charge in [0.25, 0.3) is 11.5 Å². The number of carbonyl (C=O) groups is 1. The first-order valence-corrected chi connectivity index (χ1v) is 12.6. The van der Waals surface area contributed by atoms with Crippen molar-refractivity contribution in [3.8, 4) is 0 Å². The lowest BCUT2D eigenvalue weighted by Gasteiger charge is -2.31. The number of rotatable bonds is 4. The number of hydrogen-bond donors (Lipinski definition) is 0. The molecule has 2 heterocycles. The minimum absolute atomic E-state index is 0.272. The zero-order chi connectivity index (χ0) is 26.1. The van der Waals surface area contributed by atoms with E-state index in [1.807, 2.05) is 72.8 Å². The Morgan fingerprint density at radius 1 is 0.763 bits per heavy atom. The molecule has 0 N–H and O–H groups in total. The fraction of sp³-hybridized carbons (Fsp3) is 0.194. The van der Waals surface area contributed by atoms with Crippen LogP contribution >= 0.6 is 0 Å². The van der Waals surface area contributed by atoms with Gasteiger partial charge in [0.2, 0.25) is 0 Å². The van der Waals surface area contributed by atoms with E-state index in [4.69, 9.17) is 9.47 Å². The van der Waals surface area contributed by atoms with E-state index in [0.29, 0.717) is 17.4 Å². The largest absolute Gasteiger partial charge is 0.338 e. The number of hydrogen-bond acceptors (Lipinski definition) is 5. The Balaban J connectivity index is 1.31. The first-order valence-electron chi connectivity index (χ1n) is 12.6. The van der Waals surface area contributed by atoms with Gasteiger partial charge in [0.15, 0.2) is 5.79 Å². The van der Waals surface area contributed by atoms with E-state index in [-0.39, 0.29) is 23.8 Å². The third-order valence-electron chi connectivity index (χ3n) is 7.14. The highest BCUT2D eigenvalue weighted by molar-refractivity contribution is 5.95. The Morgan fingerprint density at radius 2 is 1.32 bits per heavy atom. The molecule has 1 aromatic heterocycles. The summed E-state index contributed by atoms with van der Waals surface area (Å²) >= 11 is 0. The van der Waals surface area contributed by atoms with Gasteiger partial charge in [-0.15, -0.1) is 0 Å². The van der Waals surface area contributed by atoms with Crippen LogP contribution in [0.5, 0.6) is 0 Å². The van der Waals surface area contributed by atoms with Crippen molar-refractivity contribution in [3.63, 3.8) is 0 Å². The SMILES string of the molecule is O=C(c1ccccc1)n1c(=O)ccn([C@@H]2C=CC3(CC2)O[C@H](c2ccccc2)[C@@H](c2ccccc2)O3)c1=O. The number of carbonyl (C=O) groups excluding carboxylic acids is 1. The standard InChI is InChI=1S/C31H26N2O5/c34-26-18-21-32(30(36)33(26)29(35)24-14-8-3-9-15-24)25-16-19-31(20-17-25)37-27(22-10-4-1-5-11-22)28(38-31)23-12-6-2-7-13-23/h1-16,18-19,21,25,27-28H,17,20H2/t25-,27-,28-/m1/s1. The molecule has 190 valence electrons. The summed E-state index contributed by atoms with van der Waals surface area (Å²) in [5, 5.41) is 0. The molecule has 38 heavy (non-hydrogen) atoms. The fourth-order valence-corrected chi connectivity index (χ4v) is 5.21.